The van der Waals surface area contributed by atoms with E-state index in [0.717, 1.165) is 12.8 Å². The van der Waals surface area contributed by atoms with E-state index in [0.29, 0.717) is 6.42 Å². The van der Waals surface area contributed by atoms with E-state index in [4.69, 9.17) is 10.2 Å². The van der Waals surface area contributed by atoms with Crippen LogP contribution in [0.5, 0.6) is 0 Å². The van der Waals surface area contributed by atoms with Gasteiger partial charge >= 0.3 is 41.5 Å². The van der Waals surface area contributed by atoms with Gasteiger partial charge in [-0.25, -0.2) is 4.79 Å². The zero-order chi connectivity index (χ0) is 14.7. The van der Waals surface area contributed by atoms with Crippen LogP contribution in [0, 0.1) is 0 Å². The van der Waals surface area contributed by atoms with Crippen molar-refractivity contribution in [3.05, 3.63) is 12.2 Å². The summed E-state index contributed by atoms with van der Waals surface area (Å²) in [4.78, 5) is 24.7. The number of allylic oxidation sites excluding steroid dienone is 2. The number of carboxylic acid groups (broad SMARTS) is 2. The smallest absolute Gasteiger partial charge is 0.862 e. The predicted octanol–water partition coefficient (Wildman–Crippen LogP) is -1.80. The van der Waals surface area contributed by atoms with Gasteiger partial charge in [-0.3, -0.25) is 9.79 Å². The number of rotatable bonds is 10. The number of hydrogen-bond donors (Lipinski definition) is 2. The van der Waals surface area contributed by atoms with Crippen molar-refractivity contribution in [1.82, 2.24) is 0 Å². The third-order valence-electron chi connectivity index (χ3n) is 2.36. The molecule has 1 atom stereocenters. The molecular weight excluding hydrogens is 273 g/mol. The van der Waals surface area contributed by atoms with Crippen LogP contribution in [-0.2, 0) is 9.59 Å². The molecule has 0 saturated heterocycles. The summed E-state index contributed by atoms with van der Waals surface area (Å²) < 4.78 is 0. The van der Waals surface area contributed by atoms with E-state index in [1.54, 1.807) is 0 Å². The monoisotopic (exact) mass is 293 g/mol. The van der Waals surface area contributed by atoms with E-state index < -0.39 is 23.9 Å². The van der Waals surface area contributed by atoms with Crippen LogP contribution in [0.1, 0.15) is 45.4 Å². The second-order valence-corrected chi connectivity index (χ2v) is 4.11. The van der Waals surface area contributed by atoms with Crippen molar-refractivity contribution in [2.75, 3.05) is 0 Å². The zero-order valence-corrected chi connectivity index (χ0v) is 14.0. The second kappa shape index (κ2) is 13.1. The molecule has 0 rings (SSSR count). The Morgan fingerprint density at radius 3 is 2.30 bits per heavy atom. The number of aliphatic imine (C=N–C) groups is 1. The number of carbonyl (C=O) groups is 2. The van der Waals surface area contributed by atoms with E-state index in [1.807, 2.05) is 19.1 Å². The molecule has 7 heteroatoms. The standard InChI is InChI=1S/C13H21NO5.Na/c1-2-3-4-5-6-7-11(15)14-10(13(18)19)8-9-12(16)17;/h4-5,10H,2-3,6-9H2,1H3,(H,14,15)(H,16,17)(H,18,19);/q;+1/p-1/b5-4+;/t10-;/m0./s1. The van der Waals surface area contributed by atoms with Gasteiger partial charge in [-0.1, -0.05) is 25.5 Å². The fraction of sp³-hybridized carbons (Fsp3) is 0.615. The van der Waals surface area contributed by atoms with Crippen LogP contribution < -0.4 is 34.7 Å². The van der Waals surface area contributed by atoms with Crippen LogP contribution in [0.3, 0.4) is 0 Å². The molecule has 0 unspecified atom stereocenters. The van der Waals surface area contributed by atoms with Gasteiger partial charge in [-0.15, -0.1) is 0 Å². The summed E-state index contributed by atoms with van der Waals surface area (Å²) in [5, 5.41) is 28.7. The van der Waals surface area contributed by atoms with Crippen molar-refractivity contribution < 1.29 is 54.5 Å². The Kier molecular flexibility index (Phi) is 14.1. The van der Waals surface area contributed by atoms with E-state index in [2.05, 4.69) is 4.99 Å². The second-order valence-electron chi connectivity index (χ2n) is 4.11. The van der Waals surface area contributed by atoms with Crippen molar-refractivity contribution in [1.29, 1.82) is 0 Å². The summed E-state index contributed by atoms with van der Waals surface area (Å²) in [6, 6.07) is -1.26. The summed E-state index contributed by atoms with van der Waals surface area (Å²) in [6.45, 7) is 2.05. The first-order valence-electron chi connectivity index (χ1n) is 6.30. The largest absolute Gasteiger partial charge is 1.00 e. The first-order chi connectivity index (χ1) is 8.97. The summed E-state index contributed by atoms with van der Waals surface area (Å²) >= 11 is 0. The summed E-state index contributed by atoms with van der Waals surface area (Å²) in [6.07, 6.45) is 6.00. The van der Waals surface area contributed by atoms with E-state index in [9.17, 15) is 14.7 Å². The van der Waals surface area contributed by atoms with Crippen molar-refractivity contribution in [2.45, 2.75) is 51.5 Å². The molecule has 0 aliphatic rings. The predicted molar refractivity (Wildman–Crippen MR) is 69.0 cm³/mol. The fourth-order valence-corrected chi connectivity index (χ4v) is 1.35. The molecule has 0 spiro atoms. The molecule has 0 aromatic rings. The maximum absolute atomic E-state index is 11.4. The number of unbranched alkanes of at least 4 members (excludes halogenated alkanes) is 1. The number of nitrogens with zero attached hydrogens (tertiary/aromatic N) is 1. The molecule has 0 saturated carbocycles. The molecule has 0 aliphatic heterocycles. The van der Waals surface area contributed by atoms with E-state index >= 15 is 0 Å². The Bertz CT molecular complexity index is 355. The average molecular weight is 293 g/mol. The number of hydrogen-bond acceptors (Lipinski definition) is 4. The minimum atomic E-state index is -1.27. The van der Waals surface area contributed by atoms with Gasteiger partial charge < -0.3 is 15.3 Å². The quantitative estimate of drug-likeness (QED) is 0.214. The van der Waals surface area contributed by atoms with Crippen molar-refractivity contribution >= 4 is 17.8 Å². The first kappa shape index (κ1) is 21.4. The third kappa shape index (κ3) is 12.2. The summed E-state index contributed by atoms with van der Waals surface area (Å²) in [7, 11) is 0. The van der Waals surface area contributed by atoms with Crippen LogP contribution in [0.4, 0.5) is 0 Å². The normalized spacial score (nSPS) is 12.9. The SMILES string of the molecule is CCC/C=C/CCC([O-])=N[C@@H](CCC(=O)O)C(=O)O.[Na+]. The minimum absolute atomic E-state index is 0. The topological polar surface area (TPSA) is 110 Å². The molecule has 0 aromatic heterocycles. The molecule has 0 fully saturated rings. The van der Waals surface area contributed by atoms with Gasteiger partial charge in [-0.05, 0) is 31.6 Å². The van der Waals surface area contributed by atoms with Gasteiger partial charge in [0.2, 0.25) is 0 Å². The Balaban J connectivity index is 0. The van der Waals surface area contributed by atoms with Gasteiger partial charge in [-0.2, -0.15) is 0 Å². The van der Waals surface area contributed by atoms with Gasteiger partial charge in [0.05, 0.1) is 0 Å². The van der Waals surface area contributed by atoms with Crippen molar-refractivity contribution in [2.24, 2.45) is 4.99 Å². The molecule has 6 nitrogen and oxygen atoms in total. The van der Waals surface area contributed by atoms with Crippen LogP contribution in [0.25, 0.3) is 0 Å². The molecule has 0 radical (unpaired) electrons. The number of carboxylic acids is 2. The molecule has 20 heavy (non-hydrogen) atoms. The van der Waals surface area contributed by atoms with E-state index in [-0.39, 0.29) is 48.8 Å². The van der Waals surface area contributed by atoms with Crippen LogP contribution in [0.15, 0.2) is 17.1 Å². The zero-order valence-electron chi connectivity index (χ0n) is 12.0. The Morgan fingerprint density at radius 1 is 1.20 bits per heavy atom. The van der Waals surface area contributed by atoms with Gasteiger partial charge in [0.15, 0.2) is 0 Å². The van der Waals surface area contributed by atoms with Crippen LogP contribution in [-0.4, -0.2) is 34.1 Å². The maximum Gasteiger partial charge on any atom is 1.00 e. The molecule has 0 amide bonds. The minimum Gasteiger partial charge on any atom is -0.862 e. The molecule has 0 bridgehead atoms. The molecule has 2 N–H and O–H groups in total. The first-order valence-corrected chi connectivity index (χ1v) is 6.30. The Hall–Kier alpha value is -0.850. The van der Waals surface area contributed by atoms with Crippen LogP contribution >= 0.6 is 0 Å². The van der Waals surface area contributed by atoms with Crippen molar-refractivity contribution in [3.8, 4) is 0 Å². The Labute approximate surface area is 140 Å². The molecular formula is C13H20NNaO5. The van der Waals surface area contributed by atoms with E-state index in [1.165, 1.54) is 0 Å². The van der Waals surface area contributed by atoms with Gasteiger partial charge in [0.25, 0.3) is 0 Å². The van der Waals surface area contributed by atoms with Gasteiger partial charge in [0.1, 0.15) is 6.04 Å². The van der Waals surface area contributed by atoms with Crippen LogP contribution in [0.2, 0.25) is 0 Å². The summed E-state index contributed by atoms with van der Waals surface area (Å²) in [5.41, 5.74) is 0. The molecule has 0 aromatic carbocycles. The van der Waals surface area contributed by atoms with Gasteiger partial charge in [0, 0.05) is 6.42 Å². The fourth-order valence-electron chi connectivity index (χ4n) is 1.35. The molecule has 0 heterocycles. The maximum atomic E-state index is 11.4. The Morgan fingerprint density at radius 2 is 1.80 bits per heavy atom. The third-order valence-corrected chi connectivity index (χ3v) is 2.36. The average Bonchev–Trinajstić information content (AvgIpc) is 2.33. The molecule has 108 valence electrons. The van der Waals surface area contributed by atoms with Crippen molar-refractivity contribution in [3.63, 3.8) is 0 Å². The summed E-state index contributed by atoms with van der Waals surface area (Å²) in [5.74, 6) is -2.87. The molecule has 0 aliphatic carbocycles. The number of aliphatic carboxylic acids is 2.